The predicted octanol–water partition coefficient (Wildman–Crippen LogP) is 7.72. The minimum Gasteiger partial charge on any atom is -0.353 e. The average molecular weight is 533 g/mol. The molecule has 5 heterocycles. The number of thiophene rings is 1. The molecule has 1 aliphatic rings. The molecule has 0 bridgehead atoms. The second-order valence-electron chi connectivity index (χ2n) is 10.3. The highest BCUT2D eigenvalue weighted by Gasteiger charge is 2.21. The van der Waals surface area contributed by atoms with Gasteiger partial charge in [-0.25, -0.2) is 4.98 Å². The third-order valence-corrected chi connectivity index (χ3v) is 8.69. The SMILES string of the molecule is Cc1ccc(-c2cccc3[nH]c(-c4n[nH]c5ncc(-c6cncc(NC(=O)C7CCCCC7)c6)cc45)cc23)s1. The van der Waals surface area contributed by atoms with Gasteiger partial charge in [0.05, 0.1) is 17.6 Å². The molecule has 0 radical (unpaired) electrons. The molecule has 1 fully saturated rings. The van der Waals surface area contributed by atoms with Crippen LogP contribution in [0.1, 0.15) is 37.0 Å². The largest absolute Gasteiger partial charge is 0.353 e. The van der Waals surface area contributed by atoms with Crippen molar-refractivity contribution in [1.82, 2.24) is 25.1 Å². The van der Waals surface area contributed by atoms with Gasteiger partial charge >= 0.3 is 0 Å². The maximum atomic E-state index is 12.8. The summed E-state index contributed by atoms with van der Waals surface area (Å²) in [4.78, 5) is 27.9. The van der Waals surface area contributed by atoms with E-state index in [1.165, 1.54) is 27.1 Å². The zero-order valence-corrected chi connectivity index (χ0v) is 22.4. The van der Waals surface area contributed by atoms with Crippen molar-refractivity contribution < 1.29 is 4.79 Å². The number of hydrogen-bond donors (Lipinski definition) is 3. The van der Waals surface area contributed by atoms with Crippen LogP contribution in [0.25, 0.3) is 54.9 Å². The molecule has 194 valence electrons. The molecule has 0 spiro atoms. The first-order valence-corrected chi connectivity index (χ1v) is 14.2. The van der Waals surface area contributed by atoms with Crippen molar-refractivity contribution in [1.29, 1.82) is 0 Å². The predicted molar refractivity (Wildman–Crippen MR) is 158 cm³/mol. The number of nitrogens with one attached hydrogen (secondary N) is 3. The van der Waals surface area contributed by atoms with Crippen LogP contribution >= 0.6 is 11.3 Å². The highest BCUT2D eigenvalue weighted by Crippen LogP contribution is 2.37. The second kappa shape index (κ2) is 9.78. The molecule has 0 saturated heterocycles. The van der Waals surface area contributed by atoms with E-state index in [0.29, 0.717) is 5.69 Å². The van der Waals surface area contributed by atoms with Crippen LogP contribution in [-0.4, -0.2) is 31.1 Å². The summed E-state index contributed by atoms with van der Waals surface area (Å²) in [6.45, 7) is 2.13. The van der Waals surface area contributed by atoms with Crippen molar-refractivity contribution in [2.75, 3.05) is 5.32 Å². The van der Waals surface area contributed by atoms with E-state index in [-0.39, 0.29) is 11.8 Å². The molecule has 6 aromatic rings. The van der Waals surface area contributed by atoms with E-state index in [1.54, 1.807) is 23.7 Å². The number of fused-ring (bicyclic) bond motifs is 2. The molecule has 1 aromatic carbocycles. The molecule has 0 unspecified atom stereocenters. The number of aromatic nitrogens is 5. The lowest BCUT2D eigenvalue weighted by molar-refractivity contribution is -0.120. The van der Waals surface area contributed by atoms with Crippen molar-refractivity contribution >= 4 is 44.9 Å². The molecule has 7 nitrogen and oxygen atoms in total. The number of benzene rings is 1. The highest BCUT2D eigenvalue weighted by molar-refractivity contribution is 7.15. The Kier molecular flexibility index (Phi) is 5.97. The van der Waals surface area contributed by atoms with E-state index in [0.717, 1.165) is 64.7 Å². The molecule has 3 N–H and O–H groups in total. The molecular formula is C31H28N6OS. The van der Waals surface area contributed by atoms with Gasteiger partial charge in [0.15, 0.2) is 5.65 Å². The third kappa shape index (κ3) is 4.51. The summed E-state index contributed by atoms with van der Waals surface area (Å²) in [5.41, 5.74) is 7.27. The number of aromatic amines is 2. The number of carbonyl (C=O) groups excluding carboxylic acids is 1. The van der Waals surface area contributed by atoms with Crippen molar-refractivity contribution in [3.8, 4) is 33.0 Å². The highest BCUT2D eigenvalue weighted by atomic mass is 32.1. The lowest BCUT2D eigenvalue weighted by Gasteiger charge is -2.20. The number of carbonyl (C=O) groups is 1. The Bertz CT molecular complexity index is 1820. The van der Waals surface area contributed by atoms with Gasteiger partial charge in [-0.15, -0.1) is 11.3 Å². The number of hydrogen-bond acceptors (Lipinski definition) is 5. The van der Waals surface area contributed by atoms with E-state index < -0.39 is 0 Å². The van der Waals surface area contributed by atoms with Gasteiger partial charge in [-0.2, -0.15) is 5.10 Å². The van der Waals surface area contributed by atoms with E-state index >= 15 is 0 Å². The Morgan fingerprint density at radius 1 is 0.974 bits per heavy atom. The van der Waals surface area contributed by atoms with Gasteiger partial charge in [0.1, 0.15) is 5.69 Å². The Morgan fingerprint density at radius 2 is 1.85 bits per heavy atom. The molecule has 0 aliphatic heterocycles. The molecule has 7 rings (SSSR count). The van der Waals surface area contributed by atoms with Crippen LogP contribution < -0.4 is 5.32 Å². The van der Waals surface area contributed by atoms with Crippen molar-refractivity contribution in [3.05, 3.63) is 72.0 Å². The summed E-state index contributed by atoms with van der Waals surface area (Å²) in [6, 6.07) is 16.9. The van der Waals surface area contributed by atoms with Gasteiger partial charge in [-0.05, 0) is 56.2 Å². The average Bonchev–Trinajstić information content (AvgIpc) is 3.71. The van der Waals surface area contributed by atoms with Gasteiger partial charge in [-0.1, -0.05) is 31.4 Å². The van der Waals surface area contributed by atoms with Crippen molar-refractivity contribution in [2.24, 2.45) is 5.92 Å². The van der Waals surface area contributed by atoms with Crippen molar-refractivity contribution in [3.63, 3.8) is 0 Å². The van der Waals surface area contributed by atoms with Gasteiger partial charge in [-0.3, -0.25) is 14.9 Å². The van der Waals surface area contributed by atoms with Gasteiger partial charge in [0.2, 0.25) is 5.91 Å². The first-order chi connectivity index (χ1) is 19.1. The fourth-order valence-electron chi connectivity index (χ4n) is 5.62. The molecule has 5 aromatic heterocycles. The van der Waals surface area contributed by atoms with Crippen LogP contribution in [0.4, 0.5) is 5.69 Å². The lowest BCUT2D eigenvalue weighted by atomic mass is 9.88. The molecule has 8 heteroatoms. The third-order valence-electron chi connectivity index (χ3n) is 7.66. The fourth-order valence-corrected chi connectivity index (χ4v) is 6.53. The Balaban J connectivity index is 1.22. The summed E-state index contributed by atoms with van der Waals surface area (Å²) < 4.78 is 0. The Hall–Kier alpha value is -4.30. The van der Waals surface area contributed by atoms with Crippen LogP contribution in [0.3, 0.4) is 0 Å². The summed E-state index contributed by atoms with van der Waals surface area (Å²) in [5, 5.41) is 12.9. The van der Waals surface area contributed by atoms with E-state index in [1.807, 2.05) is 12.3 Å². The van der Waals surface area contributed by atoms with Crippen LogP contribution in [0.5, 0.6) is 0 Å². The number of aryl methyl sites for hydroxylation is 1. The molecule has 1 amide bonds. The molecule has 1 saturated carbocycles. The molecular weight excluding hydrogens is 504 g/mol. The number of rotatable bonds is 5. The van der Waals surface area contributed by atoms with E-state index in [9.17, 15) is 4.79 Å². The van der Waals surface area contributed by atoms with Crippen LogP contribution in [0.15, 0.2) is 67.1 Å². The second-order valence-corrected chi connectivity index (χ2v) is 11.6. The number of H-pyrrole nitrogens is 2. The topological polar surface area (TPSA) is 99.3 Å². The summed E-state index contributed by atoms with van der Waals surface area (Å²) in [7, 11) is 0. The Labute approximate surface area is 229 Å². The summed E-state index contributed by atoms with van der Waals surface area (Å²) in [6.07, 6.45) is 10.7. The minimum atomic E-state index is 0.0922. The quantitative estimate of drug-likeness (QED) is 0.212. The van der Waals surface area contributed by atoms with Crippen LogP contribution in [0.2, 0.25) is 0 Å². The molecule has 39 heavy (non-hydrogen) atoms. The standard InChI is InChI=1S/C31H28N6OS/c1-18-10-11-28(39-18)23-8-5-9-26-24(23)14-27(35-26)29-25-13-21(16-33-30(25)37-36-29)20-12-22(17-32-15-20)34-31(38)19-6-3-2-4-7-19/h5,8-17,19,35H,2-4,6-7H2,1H3,(H,34,38)(H,33,36,37). The van der Waals surface area contributed by atoms with E-state index in [4.69, 9.17) is 0 Å². The lowest BCUT2D eigenvalue weighted by Crippen LogP contribution is -2.24. The van der Waals surface area contributed by atoms with Gasteiger partial charge < -0.3 is 10.3 Å². The number of anilines is 1. The number of nitrogens with zero attached hydrogens (tertiary/aromatic N) is 3. The van der Waals surface area contributed by atoms with Gasteiger partial charge in [0, 0.05) is 61.0 Å². The van der Waals surface area contributed by atoms with Gasteiger partial charge in [0.25, 0.3) is 0 Å². The fraction of sp³-hybridized carbons (Fsp3) is 0.226. The molecule has 0 atom stereocenters. The maximum absolute atomic E-state index is 12.8. The zero-order chi connectivity index (χ0) is 26.3. The summed E-state index contributed by atoms with van der Waals surface area (Å²) >= 11 is 1.80. The first kappa shape index (κ1) is 23.8. The first-order valence-electron chi connectivity index (χ1n) is 13.4. The van der Waals surface area contributed by atoms with Crippen LogP contribution in [0, 0.1) is 12.8 Å². The maximum Gasteiger partial charge on any atom is 0.227 e. The Morgan fingerprint density at radius 3 is 2.69 bits per heavy atom. The summed E-state index contributed by atoms with van der Waals surface area (Å²) in [5.74, 6) is 0.185. The minimum absolute atomic E-state index is 0.0922. The van der Waals surface area contributed by atoms with E-state index in [2.05, 4.69) is 79.9 Å². The monoisotopic (exact) mass is 532 g/mol. The smallest absolute Gasteiger partial charge is 0.227 e. The number of amides is 1. The molecule has 1 aliphatic carbocycles. The number of pyridine rings is 2. The normalized spacial score (nSPS) is 14.3. The zero-order valence-electron chi connectivity index (χ0n) is 21.6. The van der Waals surface area contributed by atoms with Crippen LogP contribution in [-0.2, 0) is 4.79 Å². The van der Waals surface area contributed by atoms with Crippen molar-refractivity contribution in [2.45, 2.75) is 39.0 Å².